The number of carboxylic acids is 1. The fourth-order valence-corrected chi connectivity index (χ4v) is 4.05. The molecule has 4 atom stereocenters. The molecule has 3 rings (SSSR count). The van der Waals surface area contributed by atoms with E-state index >= 15 is 0 Å². The van der Waals surface area contributed by atoms with Gasteiger partial charge in [-0.1, -0.05) is 13.8 Å². The number of rotatable bonds is 4. The number of carbonyl (C=O) groups is 2. The number of amides is 1. The minimum atomic E-state index is -1.04. The molecule has 3 heterocycles. The Morgan fingerprint density at radius 3 is 2.48 bits per heavy atom. The molecule has 2 saturated heterocycles. The largest absolute Gasteiger partial charge is 0.477 e. The molecular weight excluding hydrogens is 272 g/mol. The number of β-lactam (4-membered cyclic amide) rings is 1. The SMILES string of the molecule is CC1CN(CC2=C(C(=O)O)N3C(=O)C([C@@H](C)O)C3[C@H]2C)C1. The highest BCUT2D eigenvalue weighted by molar-refractivity contribution is 6.00. The minimum absolute atomic E-state index is 0.00990. The molecule has 6 nitrogen and oxygen atoms in total. The topological polar surface area (TPSA) is 81.1 Å². The average molecular weight is 294 g/mol. The zero-order valence-electron chi connectivity index (χ0n) is 12.6. The number of carboxylic acid groups (broad SMARTS) is 1. The molecule has 2 unspecified atom stereocenters. The first-order valence-corrected chi connectivity index (χ1v) is 7.52. The first kappa shape index (κ1) is 14.5. The Labute approximate surface area is 124 Å². The third-order valence-electron chi connectivity index (χ3n) is 5.05. The number of aliphatic hydroxyl groups is 1. The van der Waals surface area contributed by atoms with Crippen molar-refractivity contribution in [3.8, 4) is 0 Å². The molecule has 0 saturated carbocycles. The zero-order chi connectivity index (χ0) is 15.5. The molecule has 0 spiro atoms. The summed E-state index contributed by atoms with van der Waals surface area (Å²) in [5.41, 5.74) is 0.977. The van der Waals surface area contributed by atoms with Crippen molar-refractivity contribution >= 4 is 11.9 Å². The van der Waals surface area contributed by atoms with Gasteiger partial charge in [0.25, 0.3) is 0 Å². The van der Waals surface area contributed by atoms with Crippen LogP contribution in [0.3, 0.4) is 0 Å². The molecule has 3 aliphatic rings. The number of hydrogen-bond donors (Lipinski definition) is 2. The fraction of sp³-hybridized carbons (Fsp3) is 0.733. The van der Waals surface area contributed by atoms with Crippen LogP contribution in [0.15, 0.2) is 11.3 Å². The number of aliphatic hydroxyl groups excluding tert-OH is 1. The van der Waals surface area contributed by atoms with Crippen LogP contribution in [-0.4, -0.2) is 63.7 Å². The van der Waals surface area contributed by atoms with Gasteiger partial charge >= 0.3 is 5.97 Å². The van der Waals surface area contributed by atoms with Crippen molar-refractivity contribution < 1.29 is 19.8 Å². The van der Waals surface area contributed by atoms with E-state index in [0.29, 0.717) is 12.5 Å². The van der Waals surface area contributed by atoms with E-state index in [1.807, 2.05) is 6.92 Å². The molecular formula is C15H22N2O4. The summed E-state index contributed by atoms with van der Waals surface area (Å²) in [7, 11) is 0. The van der Waals surface area contributed by atoms with E-state index < -0.39 is 18.0 Å². The van der Waals surface area contributed by atoms with E-state index in [1.54, 1.807) is 6.92 Å². The summed E-state index contributed by atoms with van der Waals surface area (Å²) in [6.07, 6.45) is -0.736. The van der Waals surface area contributed by atoms with E-state index in [1.165, 1.54) is 4.90 Å². The number of aliphatic carboxylic acids is 1. The number of likely N-dealkylation sites (tertiary alicyclic amines) is 1. The first-order valence-electron chi connectivity index (χ1n) is 7.52. The number of fused-ring (bicyclic) bond motifs is 1. The molecule has 21 heavy (non-hydrogen) atoms. The Morgan fingerprint density at radius 2 is 2.00 bits per heavy atom. The molecule has 1 amide bonds. The quantitative estimate of drug-likeness (QED) is 0.721. The summed E-state index contributed by atoms with van der Waals surface area (Å²) in [6.45, 7) is 8.29. The van der Waals surface area contributed by atoms with Gasteiger partial charge in [0, 0.05) is 25.6 Å². The molecule has 6 heteroatoms. The van der Waals surface area contributed by atoms with Crippen LogP contribution in [0.1, 0.15) is 20.8 Å². The molecule has 2 fully saturated rings. The molecule has 0 aromatic heterocycles. The van der Waals surface area contributed by atoms with Crippen molar-refractivity contribution in [2.45, 2.75) is 32.9 Å². The average Bonchev–Trinajstić information content (AvgIpc) is 2.58. The smallest absolute Gasteiger partial charge is 0.352 e. The second-order valence-corrected chi connectivity index (χ2v) is 6.73. The van der Waals surface area contributed by atoms with Crippen molar-refractivity contribution in [2.24, 2.45) is 17.8 Å². The maximum atomic E-state index is 12.2. The molecule has 3 aliphatic heterocycles. The Morgan fingerprint density at radius 1 is 1.38 bits per heavy atom. The molecule has 0 aliphatic carbocycles. The molecule has 0 aromatic rings. The van der Waals surface area contributed by atoms with Gasteiger partial charge < -0.3 is 15.1 Å². The lowest BCUT2D eigenvalue weighted by atomic mass is 9.77. The van der Waals surface area contributed by atoms with E-state index in [2.05, 4.69) is 11.8 Å². The van der Waals surface area contributed by atoms with Crippen LogP contribution in [0, 0.1) is 17.8 Å². The third-order valence-corrected chi connectivity index (χ3v) is 5.05. The van der Waals surface area contributed by atoms with Crippen LogP contribution >= 0.6 is 0 Å². The summed E-state index contributed by atoms with van der Waals surface area (Å²) >= 11 is 0. The van der Waals surface area contributed by atoms with Gasteiger partial charge in [-0.05, 0) is 18.4 Å². The molecule has 0 bridgehead atoms. The van der Waals surface area contributed by atoms with E-state index in [4.69, 9.17) is 0 Å². The lowest BCUT2D eigenvalue weighted by Crippen LogP contribution is -2.63. The van der Waals surface area contributed by atoms with Gasteiger partial charge in [-0.2, -0.15) is 0 Å². The van der Waals surface area contributed by atoms with E-state index in [0.717, 1.165) is 18.7 Å². The van der Waals surface area contributed by atoms with Crippen LogP contribution in [-0.2, 0) is 9.59 Å². The van der Waals surface area contributed by atoms with Crippen LogP contribution in [0.25, 0.3) is 0 Å². The molecule has 116 valence electrons. The molecule has 2 N–H and O–H groups in total. The van der Waals surface area contributed by atoms with Crippen LogP contribution < -0.4 is 0 Å². The lowest BCUT2D eigenvalue weighted by Gasteiger charge is -2.46. The Balaban J connectivity index is 1.86. The summed E-state index contributed by atoms with van der Waals surface area (Å²) in [5, 5.41) is 19.3. The van der Waals surface area contributed by atoms with Gasteiger partial charge in [0.2, 0.25) is 5.91 Å². The van der Waals surface area contributed by atoms with Gasteiger partial charge in [-0.25, -0.2) is 4.79 Å². The van der Waals surface area contributed by atoms with Crippen LogP contribution in [0.2, 0.25) is 0 Å². The van der Waals surface area contributed by atoms with Crippen molar-refractivity contribution in [1.82, 2.24) is 9.80 Å². The maximum Gasteiger partial charge on any atom is 0.352 e. The van der Waals surface area contributed by atoms with Gasteiger partial charge in [0.05, 0.1) is 18.1 Å². The Bertz CT molecular complexity index is 522. The normalized spacial score (nSPS) is 34.6. The van der Waals surface area contributed by atoms with Gasteiger partial charge in [-0.3, -0.25) is 9.69 Å². The zero-order valence-corrected chi connectivity index (χ0v) is 12.6. The highest BCUT2D eigenvalue weighted by Gasteiger charge is 2.59. The van der Waals surface area contributed by atoms with Crippen LogP contribution in [0.4, 0.5) is 0 Å². The minimum Gasteiger partial charge on any atom is -0.477 e. The van der Waals surface area contributed by atoms with Crippen molar-refractivity contribution in [3.63, 3.8) is 0 Å². The highest BCUT2D eigenvalue weighted by Crippen LogP contribution is 2.47. The fourth-order valence-electron chi connectivity index (χ4n) is 4.05. The third kappa shape index (κ3) is 2.00. The summed E-state index contributed by atoms with van der Waals surface area (Å²) in [6, 6.07) is -0.197. The Hall–Kier alpha value is -1.40. The van der Waals surface area contributed by atoms with Crippen molar-refractivity contribution in [3.05, 3.63) is 11.3 Å². The molecule has 0 aromatic carbocycles. The number of nitrogens with zero attached hydrogens (tertiary/aromatic N) is 2. The van der Waals surface area contributed by atoms with Crippen molar-refractivity contribution in [1.29, 1.82) is 0 Å². The van der Waals surface area contributed by atoms with Gasteiger partial charge in [-0.15, -0.1) is 0 Å². The van der Waals surface area contributed by atoms with E-state index in [9.17, 15) is 19.8 Å². The Kier molecular flexibility index (Phi) is 3.33. The second kappa shape index (κ2) is 4.81. The predicted octanol–water partition coefficient (Wildman–Crippen LogP) is 0.134. The van der Waals surface area contributed by atoms with E-state index in [-0.39, 0.29) is 23.6 Å². The first-order chi connectivity index (χ1) is 9.82. The molecule has 0 radical (unpaired) electrons. The monoisotopic (exact) mass is 294 g/mol. The predicted molar refractivity (Wildman–Crippen MR) is 75.2 cm³/mol. The van der Waals surface area contributed by atoms with Crippen molar-refractivity contribution in [2.75, 3.05) is 19.6 Å². The van der Waals surface area contributed by atoms with Gasteiger partial charge in [0.15, 0.2) is 0 Å². The summed E-state index contributed by atoms with van der Waals surface area (Å²) in [4.78, 5) is 27.4. The van der Waals surface area contributed by atoms with Gasteiger partial charge in [0.1, 0.15) is 5.70 Å². The number of carbonyl (C=O) groups excluding carboxylic acids is 1. The second-order valence-electron chi connectivity index (χ2n) is 6.73. The standard InChI is InChI=1S/C15H22N2O4/c1-7-4-16(5-7)6-10-8(2)12-11(9(3)18)14(19)17(12)13(10)15(20)21/h7-9,11-12,18H,4-6H2,1-3H3,(H,20,21)/t8-,9+,11?,12?/m0/s1. The maximum absolute atomic E-state index is 12.2. The highest BCUT2D eigenvalue weighted by atomic mass is 16.4. The summed E-state index contributed by atoms with van der Waals surface area (Å²) in [5.74, 6) is -1.12. The summed E-state index contributed by atoms with van der Waals surface area (Å²) < 4.78 is 0. The number of hydrogen-bond acceptors (Lipinski definition) is 4. The van der Waals surface area contributed by atoms with Crippen LogP contribution in [0.5, 0.6) is 0 Å². The lowest BCUT2D eigenvalue weighted by molar-refractivity contribution is -0.163.